The molecule has 0 aliphatic carbocycles. The number of rotatable bonds is 5. The zero-order valence-corrected chi connectivity index (χ0v) is 8.62. The molecule has 0 saturated carbocycles. The van der Waals surface area contributed by atoms with Crippen LogP contribution in [-0.4, -0.2) is 30.4 Å². The fraction of sp³-hybridized carbons (Fsp3) is 0.556. The standard InChI is InChI=1S/C9H17N3O2/c1-8(2)6-11-9(14)12(7-13)5-3-4-10/h6-7H,3-5,10H2,1-2H3,(H,11,14). The summed E-state index contributed by atoms with van der Waals surface area (Å²) < 4.78 is 0. The van der Waals surface area contributed by atoms with Gasteiger partial charge in [-0.2, -0.15) is 0 Å². The fourth-order valence-corrected chi connectivity index (χ4v) is 0.753. The molecule has 0 heterocycles. The smallest absolute Gasteiger partial charge is 0.327 e. The van der Waals surface area contributed by atoms with Gasteiger partial charge in [0.25, 0.3) is 0 Å². The Labute approximate surface area is 83.9 Å². The minimum absolute atomic E-state index is 0.350. The first-order valence-corrected chi connectivity index (χ1v) is 4.47. The molecule has 5 nitrogen and oxygen atoms in total. The zero-order valence-electron chi connectivity index (χ0n) is 8.62. The maximum atomic E-state index is 11.3. The summed E-state index contributed by atoms with van der Waals surface area (Å²) in [6.45, 7) is 4.51. The van der Waals surface area contributed by atoms with E-state index < -0.39 is 6.03 Å². The lowest BCUT2D eigenvalue weighted by molar-refractivity contribution is -0.115. The Bertz CT molecular complexity index is 222. The number of carbonyl (C=O) groups is 2. The molecular formula is C9H17N3O2. The molecule has 0 atom stereocenters. The number of carbonyl (C=O) groups excluding carboxylic acids is 2. The molecule has 0 aromatic carbocycles. The van der Waals surface area contributed by atoms with Crippen LogP contribution >= 0.6 is 0 Å². The predicted octanol–water partition coefficient (Wildman–Crippen LogP) is 0.427. The molecule has 3 amide bonds. The summed E-state index contributed by atoms with van der Waals surface area (Å²) in [5.74, 6) is 0. The van der Waals surface area contributed by atoms with Crippen LogP contribution in [0.5, 0.6) is 0 Å². The molecule has 0 unspecified atom stereocenters. The van der Waals surface area contributed by atoms with Gasteiger partial charge in [-0.1, -0.05) is 5.57 Å². The van der Waals surface area contributed by atoms with E-state index in [9.17, 15) is 9.59 Å². The summed E-state index contributed by atoms with van der Waals surface area (Å²) in [5.41, 5.74) is 6.23. The number of nitrogens with one attached hydrogen (secondary N) is 1. The minimum atomic E-state index is -0.422. The molecule has 0 aliphatic heterocycles. The molecule has 0 saturated heterocycles. The zero-order chi connectivity index (χ0) is 11.0. The highest BCUT2D eigenvalue weighted by Gasteiger charge is 2.09. The lowest BCUT2D eigenvalue weighted by Crippen LogP contribution is -2.37. The van der Waals surface area contributed by atoms with Crippen LogP contribution in [0.2, 0.25) is 0 Å². The Morgan fingerprint density at radius 2 is 2.14 bits per heavy atom. The van der Waals surface area contributed by atoms with Gasteiger partial charge in [0.05, 0.1) is 0 Å². The summed E-state index contributed by atoms with van der Waals surface area (Å²) in [7, 11) is 0. The van der Waals surface area contributed by atoms with E-state index in [1.165, 1.54) is 0 Å². The molecule has 0 aliphatic rings. The molecule has 0 rings (SSSR count). The van der Waals surface area contributed by atoms with E-state index in [0.717, 1.165) is 10.5 Å². The largest absolute Gasteiger partial charge is 0.330 e. The number of imide groups is 1. The van der Waals surface area contributed by atoms with Crippen LogP contribution in [0.15, 0.2) is 11.8 Å². The maximum Gasteiger partial charge on any atom is 0.327 e. The van der Waals surface area contributed by atoms with Gasteiger partial charge in [0.15, 0.2) is 0 Å². The number of hydrogen-bond acceptors (Lipinski definition) is 3. The van der Waals surface area contributed by atoms with Gasteiger partial charge in [0.1, 0.15) is 0 Å². The average Bonchev–Trinajstić information content (AvgIpc) is 2.16. The first-order valence-electron chi connectivity index (χ1n) is 4.47. The van der Waals surface area contributed by atoms with Gasteiger partial charge in [-0.25, -0.2) is 4.79 Å². The fourth-order valence-electron chi connectivity index (χ4n) is 0.753. The van der Waals surface area contributed by atoms with Crippen molar-refractivity contribution in [3.8, 4) is 0 Å². The highest BCUT2D eigenvalue weighted by atomic mass is 16.2. The van der Waals surface area contributed by atoms with Crippen molar-refractivity contribution in [2.24, 2.45) is 5.73 Å². The molecule has 0 bridgehead atoms. The Morgan fingerprint density at radius 1 is 1.50 bits per heavy atom. The molecule has 3 N–H and O–H groups in total. The monoisotopic (exact) mass is 199 g/mol. The van der Waals surface area contributed by atoms with Crippen LogP contribution in [0.25, 0.3) is 0 Å². The summed E-state index contributed by atoms with van der Waals surface area (Å²) in [5, 5.41) is 2.49. The van der Waals surface area contributed by atoms with Crippen molar-refractivity contribution in [1.29, 1.82) is 0 Å². The quantitative estimate of drug-likeness (QED) is 0.630. The molecule has 0 aromatic rings. The third-order valence-electron chi connectivity index (χ3n) is 1.48. The van der Waals surface area contributed by atoms with E-state index in [-0.39, 0.29) is 0 Å². The Balaban J connectivity index is 4.04. The molecule has 0 radical (unpaired) electrons. The van der Waals surface area contributed by atoms with Crippen LogP contribution in [0.3, 0.4) is 0 Å². The second-order valence-corrected chi connectivity index (χ2v) is 3.11. The molecule has 5 heteroatoms. The van der Waals surface area contributed by atoms with Crippen LogP contribution in [0.1, 0.15) is 20.3 Å². The third kappa shape index (κ3) is 5.31. The third-order valence-corrected chi connectivity index (χ3v) is 1.48. The first-order chi connectivity index (χ1) is 6.61. The van der Waals surface area contributed by atoms with Crippen LogP contribution in [-0.2, 0) is 4.79 Å². The number of nitrogens with zero attached hydrogens (tertiary/aromatic N) is 1. The highest BCUT2D eigenvalue weighted by Crippen LogP contribution is 1.90. The van der Waals surface area contributed by atoms with Crippen LogP contribution in [0.4, 0.5) is 4.79 Å². The number of amides is 3. The van der Waals surface area contributed by atoms with E-state index in [2.05, 4.69) is 5.32 Å². The van der Waals surface area contributed by atoms with Crippen molar-refractivity contribution in [2.75, 3.05) is 13.1 Å². The Hall–Kier alpha value is -1.36. The second-order valence-electron chi connectivity index (χ2n) is 3.11. The summed E-state index contributed by atoms with van der Waals surface area (Å²) in [6, 6.07) is -0.422. The van der Waals surface area contributed by atoms with Crippen molar-refractivity contribution in [3.63, 3.8) is 0 Å². The normalized spacial score (nSPS) is 9.07. The summed E-state index contributed by atoms with van der Waals surface area (Å²) in [4.78, 5) is 22.8. The number of hydrogen-bond donors (Lipinski definition) is 2. The predicted molar refractivity (Wildman–Crippen MR) is 54.4 cm³/mol. The van der Waals surface area contributed by atoms with Crippen LogP contribution < -0.4 is 11.1 Å². The van der Waals surface area contributed by atoms with Gasteiger partial charge in [0, 0.05) is 12.7 Å². The molecule has 0 fully saturated rings. The second kappa shape index (κ2) is 7.08. The van der Waals surface area contributed by atoms with Crippen molar-refractivity contribution in [3.05, 3.63) is 11.8 Å². The lowest BCUT2D eigenvalue weighted by atomic mass is 10.4. The number of urea groups is 1. The van der Waals surface area contributed by atoms with E-state index in [4.69, 9.17) is 5.73 Å². The molecule has 0 aromatic heterocycles. The summed E-state index contributed by atoms with van der Waals surface area (Å²) in [6.07, 6.45) is 2.67. The van der Waals surface area contributed by atoms with E-state index >= 15 is 0 Å². The van der Waals surface area contributed by atoms with E-state index in [0.29, 0.717) is 25.9 Å². The van der Waals surface area contributed by atoms with Crippen molar-refractivity contribution >= 4 is 12.4 Å². The van der Waals surface area contributed by atoms with Crippen molar-refractivity contribution in [1.82, 2.24) is 10.2 Å². The highest BCUT2D eigenvalue weighted by molar-refractivity contribution is 5.85. The average molecular weight is 199 g/mol. The van der Waals surface area contributed by atoms with Gasteiger partial charge < -0.3 is 11.1 Å². The van der Waals surface area contributed by atoms with Crippen LogP contribution in [0, 0.1) is 0 Å². The maximum absolute atomic E-state index is 11.3. The van der Waals surface area contributed by atoms with Gasteiger partial charge in [0.2, 0.25) is 6.41 Å². The number of nitrogens with two attached hydrogens (primary N) is 1. The first kappa shape index (κ1) is 12.6. The topological polar surface area (TPSA) is 75.4 Å². The van der Waals surface area contributed by atoms with Gasteiger partial charge in [-0.3, -0.25) is 9.69 Å². The molecule has 0 spiro atoms. The van der Waals surface area contributed by atoms with Crippen molar-refractivity contribution < 1.29 is 9.59 Å². The van der Waals surface area contributed by atoms with E-state index in [1.807, 2.05) is 13.8 Å². The Morgan fingerprint density at radius 3 is 2.57 bits per heavy atom. The summed E-state index contributed by atoms with van der Waals surface area (Å²) >= 11 is 0. The molecular weight excluding hydrogens is 182 g/mol. The van der Waals surface area contributed by atoms with Crippen molar-refractivity contribution in [2.45, 2.75) is 20.3 Å². The van der Waals surface area contributed by atoms with Gasteiger partial charge >= 0.3 is 6.03 Å². The SMILES string of the molecule is CC(C)=CNC(=O)N(C=O)CCCN. The molecule has 80 valence electrons. The molecule has 14 heavy (non-hydrogen) atoms. The van der Waals surface area contributed by atoms with Gasteiger partial charge in [-0.05, 0) is 26.8 Å². The lowest BCUT2D eigenvalue weighted by Gasteiger charge is -2.14. The number of allylic oxidation sites excluding steroid dienone is 1. The Kier molecular flexibility index (Phi) is 6.39. The van der Waals surface area contributed by atoms with E-state index in [1.54, 1.807) is 6.20 Å². The minimum Gasteiger partial charge on any atom is -0.330 e. The van der Waals surface area contributed by atoms with Gasteiger partial charge in [-0.15, -0.1) is 0 Å².